The maximum atomic E-state index is 12.8. The summed E-state index contributed by atoms with van der Waals surface area (Å²) in [6, 6.07) is 11.0. The van der Waals surface area contributed by atoms with Gasteiger partial charge in [0.25, 0.3) is 5.91 Å². The number of nitrogens with zero attached hydrogens (tertiary/aromatic N) is 2. The summed E-state index contributed by atoms with van der Waals surface area (Å²) in [6.45, 7) is -0.212. The molecule has 0 aliphatic rings. The van der Waals surface area contributed by atoms with E-state index in [2.05, 4.69) is 15.5 Å². The van der Waals surface area contributed by atoms with Gasteiger partial charge in [0.15, 0.2) is 18.1 Å². The molecule has 7 nitrogen and oxygen atoms in total. The fourth-order valence-electron chi connectivity index (χ4n) is 2.38. The summed E-state index contributed by atoms with van der Waals surface area (Å²) >= 11 is 1.27. The molecule has 1 heterocycles. The summed E-state index contributed by atoms with van der Waals surface area (Å²) in [6.07, 6.45) is 0.542. The predicted octanol–water partition coefficient (Wildman–Crippen LogP) is 3.30. The highest BCUT2D eigenvalue weighted by Crippen LogP contribution is 2.29. The monoisotopic (exact) mass is 403 g/mol. The highest BCUT2D eigenvalue weighted by Gasteiger charge is 2.11. The number of rotatable bonds is 8. The molecule has 28 heavy (non-hydrogen) atoms. The van der Waals surface area contributed by atoms with E-state index in [0.29, 0.717) is 28.8 Å². The minimum Gasteiger partial charge on any atom is -0.493 e. The van der Waals surface area contributed by atoms with Gasteiger partial charge in [-0.15, -0.1) is 10.2 Å². The van der Waals surface area contributed by atoms with E-state index >= 15 is 0 Å². The molecule has 0 aliphatic heterocycles. The standard InChI is InChI=1S/C19H18FN3O4S/c1-25-15-8-3-12(9-16(15)26-2)10-18-22-23-19(28-18)21-17(24)11-27-14-6-4-13(20)5-7-14/h3-9H,10-11H2,1-2H3,(H,21,23,24). The molecule has 9 heteroatoms. The van der Waals surface area contributed by atoms with Crippen molar-refractivity contribution in [1.29, 1.82) is 0 Å². The van der Waals surface area contributed by atoms with Crippen LogP contribution in [0.15, 0.2) is 42.5 Å². The van der Waals surface area contributed by atoms with Crippen LogP contribution < -0.4 is 19.5 Å². The van der Waals surface area contributed by atoms with E-state index in [-0.39, 0.29) is 18.3 Å². The van der Waals surface area contributed by atoms with Gasteiger partial charge in [-0.2, -0.15) is 0 Å². The van der Waals surface area contributed by atoms with Crippen molar-refractivity contribution in [3.8, 4) is 17.2 Å². The predicted molar refractivity (Wildman–Crippen MR) is 103 cm³/mol. The molecule has 3 rings (SSSR count). The quantitative estimate of drug-likeness (QED) is 0.621. The number of methoxy groups -OCH3 is 2. The lowest BCUT2D eigenvalue weighted by Crippen LogP contribution is -2.20. The largest absolute Gasteiger partial charge is 0.493 e. The van der Waals surface area contributed by atoms with Crippen molar-refractivity contribution in [3.63, 3.8) is 0 Å². The smallest absolute Gasteiger partial charge is 0.264 e. The number of carbonyl (C=O) groups is 1. The van der Waals surface area contributed by atoms with E-state index in [1.807, 2.05) is 18.2 Å². The summed E-state index contributed by atoms with van der Waals surface area (Å²) in [5.41, 5.74) is 0.978. The lowest BCUT2D eigenvalue weighted by Gasteiger charge is -2.08. The first-order valence-electron chi connectivity index (χ1n) is 8.29. The average molecular weight is 403 g/mol. The van der Waals surface area contributed by atoms with E-state index in [1.54, 1.807) is 14.2 Å². The van der Waals surface area contributed by atoms with Gasteiger partial charge in [-0.1, -0.05) is 17.4 Å². The molecule has 1 aromatic heterocycles. The molecular weight excluding hydrogens is 385 g/mol. The van der Waals surface area contributed by atoms with Gasteiger partial charge in [0.2, 0.25) is 5.13 Å². The minimum atomic E-state index is -0.377. The van der Waals surface area contributed by atoms with E-state index in [1.165, 1.54) is 35.6 Å². The lowest BCUT2D eigenvalue weighted by atomic mass is 10.1. The van der Waals surface area contributed by atoms with Crippen molar-refractivity contribution in [2.45, 2.75) is 6.42 Å². The second-order valence-corrected chi connectivity index (χ2v) is 6.72. The Hall–Kier alpha value is -3.20. The van der Waals surface area contributed by atoms with Crippen molar-refractivity contribution in [2.75, 3.05) is 26.1 Å². The average Bonchev–Trinajstić information content (AvgIpc) is 3.14. The van der Waals surface area contributed by atoms with Gasteiger partial charge < -0.3 is 14.2 Å². The van der Waals surface area contributed by atoms with E-state index < -0.39 is 0 Å². The Morgan fingerprint density at radius 1 is 1.07 bits per heavy atom. The lowest BCUT2D eigenvalue weighted by molar-refractivity contribution is -0.118. The van der Waals surface area contributed by atoms with Crippen molar-refractivity contribution >= 4 is 22.4 Å². The van der Waals surface area contributed by atoms with Gasteiger partial charge in [0, 0.05) is 6.42 Å². The van der Waals surface area contributed by atoms with Crippen LogP contribution in [-0.2, 0) is 11.2 Å². The molecule has 2 aromatic carbocycles. The van der Waals surface area contributed by atoms with Crippen molar-refractivity contribution < 1.29 is 23.4 Å². The van der Waals surface area contributed by atoms with Crippen molar-refractivity contribution in [1.82, 2.24) is 10.2 Å². The minimum absolute atomic E-state index is 0.212. The Morgan fingerprint density at radius 3 is 2.54 bits per heavy atom. The number of anilines is 1. The van der Waals surface area contributed by atoms with Crippen LogP contribution in [0.5, 0.6) is 17.2 Å². The molecule has 0 radical (unpaired) electrons. The highest BCUT2D eigenvalue weighted by atomic mass is 32.1. The van der Waals surface area contributed by atoms with E-state index in [0.717, 1.165) is 10.6 Å². The topological polar surface area (TPSA) is 82.6 Å². The molecule has 0 unspecified atom stereocenters. The third-order valence-corrected chi connectivity index (χ3v) is 4.54. The Balaban J connectivity index is 1.55. The maximum Gasteiger partial charge on any atom is 0.264 e. The van der Waals surface area contributed by atoms with Crippen LogP contribution in [-0.4, -0.2) is 36.9 Å². The number of hydrogen-bond donors (Lipinski definition) is 1. The first-order valence-corrected chi connectivity index (χ1v) is 9.10. The fourth-order valence-corrected chi connectivity index (χ4v) is 3.17. The number of halogens is 1. The SMILES string of the molecule is COc1ccc(Cc2nnc(NC(=O)COc3ccc(F)cc3)s2)cc1OC. The summed E-state index contributed by atoms with van der Waals surface area (Å²) < 4.78 is 28.7. The second kappa shape index (κ2) is 9.14. The van der Waals surface area contributed by atoms with Gasteiger partial charge in [0.05, 0.1) is 14.2 Å². The van der Waals surface area contributed by atoms with Gasteiger partial charge in [0.1, 0.15) is 16.6 Å². The molecule has 3 aromatic rings. The zero-order chi connectivity index (χ0) is 19.9. The van der Waals surface area contributed by atoms with Gasteiger partial charge >= 0.3 is 0 Å². The third kappa shape index (κ3) is 5.17. The van der Waals surface area contributed by atoms with Crippen LogP contribution in [0, 0.1) is 5.82 Å². The number of amides is 1. The first-order chi connectivity index (χ1) is 13.6. The van der Waals surface area contributed by atoms with Crippen LogP contribution >= 0.6 is 11.3 Å². The van der Waals surface area contributed by atoms with Gasteiger partial charge in [-0.3, -0.25) is 10.1 Å². The molecule has 0 saturated heterocycles. The zero-order valence-corrected chi connectivity index (χ0v) is 16.1. The normalized spacial score (nSPS) is 10.4. The van der Waals surface area contributed by atoms with Crippen molar-refractivity contribution in [2.24, 2.45) is 0 Å². The summed E-state index contributed by atoms with van der Waals surface area (Å²) in [5, 5.41) is 11.8. The molecule has 0 spiro atoms. The fraction of sp³-hybridized carbons (Fsp3) is 0.211. The third-order valence-electron chi connectivity index (χ3n) is 3.70. The number of hydrogen-bond acceptors (Lipinski definition) is 7. The molecule has 0 bridgehead atoms. The molecule has 1 amide bonds. The molecule has 0 atom stereocenters. The Kier molecular flexibility index (Phi) is 6.38. The zero-order valence-electron chi connectivity index (χ0n) is 15.3. The second-order valence-electron chi connectivity index (χ2n) is 5.66. The van der Waals surface area contributed by atoms with Crippen LogP contribution in [0.25, 0.3) is 0 Å². The summed E-state index contributed by atoms with van der Waals surface area (Å²) in [5.74, 6) is 0.947. The number of carbonyl (C=O) groups excluding carboxylic acids is 1. The molecule has 146 valence electrons. The number of benzene rings is 2. The molecule has 0 saturated carbocycles. The Bertz CT molecular complexity index is 947. The summed E-state index contributed by atoms with van der Waals surface area (Å²) in [7, 11) is 3.16. The Labute approximate surface area is 165 Å². The van der Waals surface area contributed by atoms with Crippen LogP contribution in [0.4, 0.5) is 9.52 Å². The highest BCUT2D eigenvalue weighted by molar-refractivity contribution is 7.15. The first kappa shape index (κ1) is 19.6. The van der Waals surface area contributed by atoms with Gasteiger partial charge in [-0.05, 0) is 42.0 Å². The Morgan fingerprint density at radius 2 is 1.82 bits per heavy atom. The number of aromatic nitrogens is 2. The molecule has 0 aliphatic carbocycles. The van der Waals surface area contributed by atoms with Crippen molar-refractivity contribution in [3.05, 3.63) is 58.9 Å². The van der Waals surface area contributed by atoms with E-state index in [4.69, 9.17) is 14.2 Å². The van der Waals surface area contributed by atoms with Crippen LogP contribution in [0.2, 0.25) is 0 Å². The maximum absolute atomic E-state index is 12.8. The molecule has 0 fully saturated rings. The van der Waals surface area contributed by atoms with Crippen LogP contribution in [0.1, 0.15) is 10.6 Å². The van der Waals surface area contributed by atoms with Gasteiger partial charge in [-0.25, -0.2) is 4.39 Å². The molecule has 1 N–H and O–H groups in total. The van der Waals surface area contributed by atoms with E-state index in [9.17, 15) is 9.18 Å². The number of ether oxygens (including phenoxy) is 3. The molecular formula is C19H18FN3O4S. The number of nitrogens with one attached hydrogen (secondary N) is 1. The summed E-state index contributed by atoms with van der Waals surface area (Å²) in [4.78, 5) is 12.0. The van der Waals surface area contributed by atoms with Crippen LogP contribution in [0.3, 0.4) is 0 Å².